The van der Waals surface area contributed by atoms with Crippen LogP contribution in [0.4, 0.5) is 0 Å². The number of ether oxygens (including phenoxy) is 1. The van der Waals surface area contributed by atoms with Crippen molar-refractivity contribution >= 4 is 21.8 Å². The van der Waals surface area contributed by atoms with Crippen LogP contribution in [0.25, 0.3) is 44.4 Å². The van der Waals surface area contributed by atoms with E-state index in [9.17, 15) is 0 Å². The summed E-state index contributed by atoms with van der Waals surface area (Å²) in [6, 6.07) is 32.9. The van der Waals surface area contributed by atoms with Crippen molar-refractivity contribution in [3.8, 4) is 34.1 Å². The molecule has 6 heteroatoms. The molecule has 7 aromatic rings. The van der Waals surface area contributed by atoms with Gasteiger partial charge in [-0.05, 0) is 103 Å². The molecule has 0 aliphatic rings. The number of pyridine rings is 1. The molecule has 0 aliphatic carbocycles. The van der Waals surface area contributed by atoms with E-state index in [1.165, 1.54) is 33.4 Å². The molecule has 0 saturated heterocycles. The summed E-state index contributed by atoms with van der Waals surface area (Å²) in [4.78, 5) is 4.80. The molecule has 0 atom stereocenters. The van der Waals surface area contributed by atoms with Gasteiger partial charge in [0.2, 0.25) is 0 Å². The fourth-order valence-corrected chi connectivity index (χ4v) is 7.22. The van der Waals surface area contributed by atoms with Gasteiger partial charge in [0, 0.05) is 34.5 Å². The average Bonchev–Trinajstić information content (AvgIpc) is 3.57. The van der Waals surface area contributed by atoms with E-state index in [4.69, 9.17) is 14.8 Å². The van der Waals surface area contributed by atoms with E-state index in [2.05, 4.69) is 153 Å². The molecule has 0 amide bonds. The number of hydrogen-bond donors (Lipinski definition) is 0. The van der Waals surface area contributed by atoms with E-state index in [-0.39, 0.29) is 27.0 Å². The first-order valence-corrected chi connectivity index (χ1v) is 17.8. The summed E-state index contributed by atoms with van der Waals surface area (Å²) >= 11 is 0. The Bertz CT molecular complexity index is 2370. The second kappa shape index (κ2) is 14.3. The summed E-state index contributed by atoms with van der Waals surface area (Å²) in [5, 5.41) is 7.35. The van der Waals surface area contributed by atoms with Crippen molar-refractivity contribution in [3.05, 3.63) is 130 Å². The molecule has 5 nitrogen and oxygen atoms in total. The molecule has 51 heavy (non-hydrogen) atoms. The van der Waals surface area contributed by atoms with E-state index in [0.29, 0.717) is 23.3 Å². The Balaban J connectivity index is 0.00000448. The van der Waals surface area contributed by atoms with Crippen LogP contribution in [0.1, 0.15) is 98.5 Å². The number of aromatic nitrogens is 4. The monoisotopic (exact) mass is 853 g/mol. The van der Waals surface area contributed by atoms with Gasteiger partial charge in [-0.2, -0.15) is 11.2 Å². The van der Waals surface area contributed by atoms with E-state index in [0.717, 1.165) is 50.3 Å². The Morgan fingerprint density at radius 2 is 1.31 bits per heavy atom. The largest absolute Gasteiger partial charge is 2.00 e. The molecule has 3 heterocycles. The van der Waals surface area contributed by atoms with Gasteiger partial charge in [0.05, 0.1) is 5.69 Å². The van der Waals surface area contributed by atoms with Crippen LogP contribution in [0, 0.1) is 39.8 Å². The zero-order chi connectivity index (χ0) is 35.4. The van der Waals surface area contributed by atoms with Gasteiger partial charge in [-0.3, -0.25) is 4.68 Å². The Kier molecular flexibility index (Phi) is 10.2. The second-order valence-electron chi connectivity index (χ2n) is 14.6. The van der Waals surface area contributed by atoms with Crippen LogP contribution in [-0.2, 0) is 21.1 Å². The van der Waals surface area contributed by atoms with Crippen molar-refractivity contribution in [3.63, 3.8) is 0 Å². The molecule has 0 saturated carbocycles. The molecule has 7 rings (SSSR count). The third-order valence-electron chi connectivity index (χ3n) is 9.95. The van der Waals surface area contributed by atoms with Crippen LogP contribution in [0.3, 0.4) is 0 Å². The predicted octanol–water partition coefficient (Wildman–Crippen LogP) is 12.0. The number of fused-ring (bicyclic) bond motifs is 3. The van der Waals surface area contributed by atoms with Crippen LogP contribution < -0.4 is 4.74 Å². The number of aryl methyl sites for hydroxylation is 3. The minimum atomic E-state index is 0. The zero-order valence-electron chi connectivity index (χ0n) is 31.3. The number of benzene rings is 4. The fraction of sp³-hybridized carbons (Fsp3) is 0.289. The van der Waals surface area contributed by atoms with Crippen LogP contribution in [-0.4, -0.2) is 19.3 Å². The second-order valence-corrected chi connectivity index (χ2v) is 14.6. The normalized spacial score (nSPS) is 11.7. The minimum absolute atomic E-state index is 0. The first kappa shape index (κ1) is 36.3. The van der Waals surface area contributed by atoms with E-state index >= 15 is 0 Å². The summed E-state index contributed by atoms with van der Waals surface area (Å²) in [6.07, 6.45) is 1.90. The molecule has 0 N–H and O–H groups in total. The van der Waals surface area contributed by atoms with Gasteiger partial charge in [-0.15, -0.1) is 41.3 Å². The molecular weight excluding hydrogens is 808 g/mol. The van der Waals surface area contributed by atoms with Gasteiger partial charge in [-0.1, -0.05) is 77.4 Å². The van der Waals surface area contributed by atoms with Crippen LogP contribution in [0.2, 0.25) is 0 Å². The predicted molar refractivity (Wildman–Crippen MR) is 207 cm³/mol. The van der Waals surface area contributed by atoms with Crippen LogP contribution in [0.15, 0.2) is 79.0 Å². The molecule has 4 aromatic carbocycles. The maximum atomic E-state index is 6.64. The summed E-state index contributed by atoms with van der Waals surface area (Å²) in [7, 11) is 0. The molecule has 0 aliphatic heterocycles. The SMILES string of the molecule is Cc1cc(C(C)C)cc(C)c1-c1c(C)nn(-c2[c-]c(Oc3[c-]c4c(cc3)c3ccccc3n4-c3cc(C(C)C)ccn3)cc(C(C)C)c2)c1C.[Pt+2]. The Morgan fingerprint density at radius 1 is 0.647 bits per heavy atom. The Morgan fingerprint density at radius 3 is 2.00 bits per heavy atom. The van der Waals surface area contributed by atoms with Gasteiger partial charge >= 0.3 is 21.1 Å². The summed E-state index contributed by atoms with van der Waals surface area (Å²) in [5.74, 6) is 3.27. The number of rotatable bonds is 8. The van der Waals surface area contributed by atoms with Crippen LogP contribution in [0.5, 0.6) is 11.5 Å². The van der Waals surface area contributed by atoms with Crippen molar-refractivity contribution < 1.29 is 25.8 Å². The number of nitrogens with zero attached hydrogens (tertiary/aromatic N) is 4. The zero-order valence-corrected chi connectivity index (χ0v) is 33.5. The van der Waals surface area contributed by atoms with Gasteiger partial charge < -0.3 is 9.30 Å². The quantitative estimate of drug-likeness (QED) is 0.143. The van der Waals surface area contributed by atoms with Crippen molar-refractivity contribution in [1.82, 2.24) is 19.3 Å². The summed E-state index contributed by atoms with van der Waals surface area (Å²) in [5.41, 5.74) is 13.7. The Hall–Kier alpha value is -4.47. The van der Waals surface area contributed by atoms with Gasteiger partial charge in [-0.25, -0.2) is 4.98 Å². The molecule has 0 radical (unpaired) electrons. The van der Waals surface area contributed by atoms with E-state index in [1.807, 2.05) is 16.9 Å². The third kappa shape index (κ3) is 6.69. The van der Waals surface area contributed by atoms with Gasteiger partial charge in [0.1, 0.15) is 5.82 Å². The minimum Gasteiger partial charge on any atom is -0.509 e. The van der Waals surface area contributed by atoms with E-state index in [1.54, 1.807) is 0 Å². The van der Waals surface area contributed by atoms with Crippen molar-refractivity contribution in [2.45, 2.75) is 87.0 Å². The smallest absolute Gasteiger partial charge is 0.509 e. The van der Waals surface area contributed by atoms with Crippen molar-refractivity contribution in [2.24, 2.45) is 0 Å². The molecule has 0 fully saturated rings. The number of para-hydroxylation sites is 1. The number of hydrogen-bond acceptors (Lipinski definition) is 3. The first-order chi connectivity index (χ1) is 23.9. The molecule has 3 aromatic heterocycles. The summed E-state index contributed by atoms with van der Waals surface area (Å²) in [6.45, 7) is 22.0. The molecular formula is C45H46N4OPt. The molecule has 262 valence electrons. The van der Waals surface area contributed by atoms with Crippen LogP contribution >= 0.6 is 0 Å². The summed E-state index contributed by atoms with van der Waals surface area (Å²) < 4.78 is 10.9. The maximum absolute atomic E-state index is 6.64. The Labute approximate surface area is 317 Å². The van der Waals surface area contributed by atoms with Gasteiger partial charge in [0.25, 0.3) is 0 Å². The maximum Gasteiger partial charge on any atom is 2.00 e. The van der Waals surface area contributed by atoms with Crippen molar-refractivity contribution in [1.29, 1.82) is 0 Å². The molecule has 0 spiro atoms. The van der Waals surface area contributed by atoms with Gasteiger partial charge in [0.15, 0.2) is 0 Å². The average molecular weight is 854 g/mol. The topological polar surface area (TPSA) is 44.9 Å². The molecule has 0 unspecified atom stereocenters. The fourth-order valence-electron chi connectivity index (χ4n) is 7.22. The van der Waals surface area contributed by atoms with Crippen molar-refractivity contribution in [2.75, 3.05) is 0 Å². The van der Waals surface area contributed by atoms with E-state index < -0.39 is 0 Å². The third-order valence-corrected chi connectivity index (χ3v) is 9.95. The standard InChI is InChI=1S/C45H46N4O.Pt/c1-26(2)33-17-18-46-43(23-33)48-41-14-12-11-13-39(41)40-16-15-37(25-42(40)48)50-38-22-35(28(5)6)21-36(24-38)49-32(10)45(31(9)47-49)44-29(7)19-34(27(3)4)20-30(44)8;/h11-23,26-28H,1-10H3;/q-2;+2. The first-order valence-electron chi connectivity index (χ1n) is 17.8. The molecule has 0 bridgehead atoms.